The van der Waals surface area contributed by atoms with Gasteiger partial charge in [0.25, 0.3) is 0 Å². The summed E-state index contributed by atoms with van der Waals surface area (Å²) in [6.07, 6.45) is 1.95. The minimum atomic E-state index is -1.18. The molecule has 1 N–H and O–H groups in total. The van der Waals surface area contributed by atoms with E-state index in [1.807, 2.05) is 0 Å². The second kappa shape index (κ2) is 6.33. The number of carboxylic acids is 1. The molecule has 0 aliphatic carbocycles. The van der Waals surface area contributed by atoms with Gasteiger partial charge in [-0.3, -0.25) is 9.59 Å². The Hall–Kier alpha value is -2.45. The summed E-state index contributed by atoms with van der Waals surface area (Å²) in [7, 11) is 0. The summed E-state index contributed by atoms with van der Waals surface area (Å²) in [5.74, 6) is -1.34. The Kier molecular flexibility index (Phi) is 4.51. The minimum Gasteiger partial charge on any atom is -0.476 e. The summed E-state index contributed by atoms with van der Waals surface area (Å²) in [5, 5.41) is 15.8. The predicted molar refractivity (Wildman–Crippen MR) is 70.4 cm³/mol. The molecule has 1 fully saturated rings. The fourth-order valence-corrected chi connectivity index (χ4v) is 2.19. The number of hydrogen-bond acceptors (Lipinski definition) is 5. The average molecular weight is 295 g/mol. The van der Waals surface area contributed by atoms with Crippen molar-refractivity contribution in [2.45, 2.75) is 19.9 Å². The topological polar surface area (TPSA) is 109 Å². The van der Waals surface area contributed by atoms with Crippen molar-refractivity contribution in [3.8, 4) is 0 Å². The Morgan fingerprint density at radius 3 is 2.48 bits per heavy atom. The van der Waals surface area contributed by atoms with E-state index < -0.39 is 5.97 Å². The third-order valence-electron chi connectivity index (χ3n) is 3.35. The Morgan fingerprint density at radius 1 is 1.19 bits per heavy atom. The Morgan fingerprint density at radius 2 is 1.86 bits per heavy atom. The Bertz CT molecular complexity index is 556. The van der Waals surface area contributed by atoms with Crippen molar-refractivity contribution < 1.29 is 19.5 Å². The molecular weight excluding hydrogens is 278 g/mol. The van der Waals surface area contributed by atoms with Crippen LogP contribution in [0, 0.1) is 0 Å². The zero-order valence-electron chi connectivity index (χ0n) is 11.7. The molecule has 114 valence electrons. The number of nitrogens with zero attached hydrogens (tertiary/aromatic N) is 5. The number of aromatic nitrogens is 3. The van der Waals surface area contributed by atoms with Gasteiger partial charge < -0.3 is 14.9 Å². The van der Waals surface area contributed by atoms with Crippen LogP contribution in [0.2, 0.25) is 0 Å². The maximum atomic E-state index is 12.2. The maximum Gasteiger partial charge on any atom is 0.358 e. The number of carbonyl (C=O) groups is 3. The summed E-state index contributed by atoms with van der Waals surface area (Å²) < 4.78 is 1.21. The van der Waals surface area contributed by atoms with Crippen molar-refractivity contribution in [3.63, 3.8) is 0 Å². The molecule has 0 aromatic carbocycles. The lowest BCUT2D eigenvalue weighted by Gasteiger charge is -2.21. The first-order valence-corrected chi connectivity index (χ1v) is 6.64. The van der Waals surface area contributed by atoms with Crippen molar-refractivity contribution in [3.05, 3.63) is 11.9 Å². The lowest BCUT2D eigenvalue weighted by Crippen LogP contribution is -2.38. The highest BCUT2D eigenvalue weighted by Crippen LogP contribution is 2.05. The molecule has 0 unspecified atom stereocenters. The van der Waals surface area contributed by atoms with Gasteiger partial charge in [-0.2, -0.15) is 0 Å². The molecule has 9 heteroatoms. The molecule has 0 saturated carbocycles. The third kappa shape index (κ3) is 3.77. The van der Waals surface area contributed by atoms with E-state index in [2.05, 4.69) is 10.3 Å². The van der Waals surface area contributed by atoms with Gasteiger partial charge in [0.15, 0.2) is 5.69 Å². The SMILES string of the molecule is CC(=O)N1CCCN(C(=O)Cn2cc(C(=O)O)nn2)CC1. The fourth-order valence-electron chi connectivity index (χ4n) is 2.19. The number of carbonyl (C=O) groups excluding carboxylic acids is 2. The highest BCUT2D eigenvalue weighted by Gasteiger charge is 2.21. The lowest BCUT2D eigenvalue weighted by atomic mass is 10.3. The molecule has 1 aromatic rings. The zero-order chi connectivity index (χ0) is 15.4. The van der Waals surface area contributed by atoms with Crippen molar-refractivity contribution in [1.82, 2.24) is 24.8 Å². The van der Waals surface area contributed by atoms with Crippen LogP contribution in [-0.2, 0) is 16.1 Å². The van der Waals surface area contributed by atoms with Gasteiger partial charge in [0, 0.05) is 33.1 Å². The molecule has 0 bridgehead atoms. The monoisotopic (exact) mass is 295 g/mol. The molecule has 9 nitrogen and oxygen atoms in total. The van der Waals surface area contributed by atoms with Crippen LogP contribution in [0.3, 0.4) is 0 Å². The van der Waals surface area contributed by atoms with Crippen LogP contribution in [0.4, 0.5) is 0 Å². The molecule has 0 spiro atoms. The van der Waals surface area contributed by atoms with Gasteiger partial charge in [0.2, 0.25) is 11.8 Å². The van der Waals surface area contributed by atoms with Crippen molar-refractivity contribution in [2.75, 3.05) is 26.2 Å². The van der Waals surface area contributed by atoms with Crippen LogP contribution in [-0.4, -0.2) is 73.9 Å². The van der Waals surface area contributed by atoms with Gasteiger partial charge in [0.05, 0.1) is 6.20 Å². The summed E-state index contributed by atoms with van der Waals surface area (Å²) in [6, 6.07) is 0. The van der Waals surface area contributed by atoms with Gasteiger partial charge in [-0.15, -0.1) is 5.10 Å². The molecule has 2 heterocycles. The van der Waals surface area contributed by atoms with Gasteiger partial charge in [0.1, 0.15) is 6.54 Å². The second-order valence-corrected chi connectivity index (χ2v) is 4.85. The van der Waals surface area contributed by atoms with Crippen LogP contribution in [0.5, 0.6) is 0 Å². The summed E-state index contributed by atoms with van der Waals surface area (Å²) in [6.45, 7) is 3.66. The largest absolute Gasteiger partial charge is 0.476 e. The van der Waals surface area contributed by atoms with E-state index in [9.17, 15) is 14.4 Å². The van der Waals surface area contributed by atoms with Gasteiger partial charge >= 0.3 is 5.97 Å². The van der Waals surface area contributed by atoms with E-state index >= 15 is 0 Å². The van der Waals surface area contributed by atoms with E-state index in [-0.39, 0.29) is 24.1 Å². The van der Waals surface area contributed by atoms with E-state index in [1.165, 1.54) is 17.8 Å². The van der Waals surface area contributed by atoms with Crippen molar-refractivity contribution in [1.29, 1.82) is 0 Å². The molecule has 1 aliphatic rings. The molecule has 1 aliphatic heterocycles. The second-order valence-electron chi connectivity index (χ2n) is 4.85. The van der Waals surface area contributed by atoms with Gasteiger partial charge in [-0.1, -0.05) is 5.21 Å². The van der Waals surface area contributed by atoms with Crippen LogP contribution >= 0.6 is 0 Å². The molecule has 2 amide bonds. The number of amides is 2. The molecule has 0 atom stereocenters. The number of hydrogen-bond donors (Lipinski definition) is 1. The normalized spacial score (nSPS) is 15.7. The van der Waals surface area contributed by atoms with Gasteiger partial charge in [-0.25, -0.2) is 9.48 Å². The fraction of sp³-hybridized carbons (Fsp3) is 0.583. The molecule has 2 rings (SSSR count). The van der Waals surface area contributed by atoms with E-state index in [4.69, 9.17) is 5.11 Å². The number of carboxylic acid groups (broad SMARTS) is 1. The highest BCUT2D eigenvalue weighted by atomic mass is 16.4. The van der Waals surface area contributed by atoms with E-state index in [0.717, 1.165) is 6.42 Å². The van der Waals surface area contributed by atoms with Crippen LogP contribution in [0.15, 0.2) is 6.20 Å². The Balaban J connectivity index is 1.93. The lowest BCUT2D eigenvalue weighted by molar-refractivity contribution is -0.133. The first kappa shape index (κ1) is 14.9. The predicted octanol–water partition coefficient (Wildman–Crippen LogP) is -0.943. The number of aromatic carboxylic acids is 1. The summed E-state index contributed by atoms with van der Waals surface area (Å²) in [4.78, 5) is 37.6. The zero-order valence-corrected chi connectivity index (χ0v) is 11.7. The van der Waals surface area contributed by atoms with Crippen molar-refractivity contribution >= 4 is 17.8 Å². The molecule has 21 heavy (non-hydrogen) atoms. The maximum absolute atomic E-state index is 12.2. The average Bonchev–Trinajstić information content (AvgIpc) is 2.74. The van der Waals surface area contributed by atoms with Crippen LogP contribution in [0.1, 0.15) is 23.8 Å². The van der Waals surface area contributed by atoms with Crippen LogP contribution in [0.25, 0.3) is 0 Å². The minimum absolute atomic E-state index is 0.00618. The van der Waals surface area contributed by atoms with Gasteiger partial charge in [-0.05, 0) is 6.42 Å². The van der Waals surface area contributed by atoms with E-state index in [1.54, 1.807) is 9.80 Å². The molecule has 0 radical (unpaired) electrons. The summed E-state index contributed by atoms with van der Waals surface area (Å²) >= 11 is 0. The highest BCUT2D eigenvalue weighted by molar-refractivity contribution is 5.84. The molecule has 1 aromatic heterocycles. The van der Waals surface area contributed by atoms with E-state index in [0.29, 0.717) is 26.2 Å². The summed E-state index contributed by atoms with van der Waals surface area (Å²) in [5.41, 5.74) is -0.193. The van der Waals surface area contributed by atoms with Crippen molar-refractivity contribution in [2.24, 2.45) is 0 Å². The quantitative estimate of drug-likeness (QED) is 0.770. The Labute approximate surface area is 121 Å². The van der Waals surface area contributed by atoms with Crippen LogP contribution < -0.4 is 0 Å². The standard InChI is InChI=1S/C12H17N5O4/c1-9(18)15-3-2-4-16(6-5-15)11(19)8-17-7-10(12(20)21)13-14-17/h7H,2-6,8H2,1H3,(H,20,21). The first-order chi connectivity index (χ1) is 9.97. The smallest absolute Gasteiger partial charge is 0.358 e. The first-order valence-electron chi connectivity index (χ1n) is 6.64. The molecule has 1 saturated heterocycles. The third-order valence-corrected chi connectivity index (χ3v) is 3.35. The number of rotatable bonds is 3. The molecular formula is C12H17N5O4.